The number of hydrogen-bond donors (Lipinski definition) is 0. The molecule has 0 N–H and O–H groups in total. The number of rotatable bonds is 3. The summed E-state index contributed by atoms with van der Waals surface area (Å²) in [4.78, 5) is 26.3. The Hall–Kier alpha value is -3.29. The van der Waals surface area contributed by atoms with Crippen molar-refractivity contribution < 1.29 is 18.0 Å². The Kier molecular flexibility index (Phi) is 4.10. The van der Waals surface area contributed by atoms with Crippen LogP contribution in [0.3, 0.4) is 0 Å². The van der Waals surface area contributed by atoms with Crippen LogP contribution in [0.25, 0.3) is 11.1 Å². The van der Waals surface area contributed by atoms with E-state index in [1.807, 2.05) is 0 Å². The summed E-state index contributed by atoms with van der Waals surface area (Å²) in [5, 5.41) is 0. The molecule has 0 unspecified atom stereocenters. The van der Waals surface area contributed by atoms with Gasteiger partial charge in [0.15, 0.2) is 0 Å². The Morgan fingerprint density at radius 1 is 1.04 bits per heavy atom. The van der Waals surface area contributed by atoms with Gasteiger partial charge in [-0.05, 0) is 23.8 Å². The Morgan fingerprint density at radius 2 is 1.89 bits per heavy atom. The SMILES string of the molecule is O=C1Cc2ncc(-c3cccc(C(F)(F)F)c3)cc2N1Cc1cnccn1. The van der Waals surface area contributed by atoms with Crippen molar-refractivity contribution in [1.82, 2.24) is 15.0 Å². The second kappa shape index (κ2) is 6.46. The molecule has 0 saturated heterocycles. The average molecular weight is 370 g/mol. The lowest BCUT2D eigenvalue weighted by atomic mass is 10.0. The van der Waals surface area contributed by atoms with Gasteiger partial charge in [0.1, 0.15) is 0 Å². The highest BCUT2D eigenvalue weighted by Gasteiger charge is 2.31. The molecule has 0 radical (unpaired) electrons. The van der Waals surface area contributed by atoms with E-state index in [-0.39, 0.29) is 18.9 Å². The summed E-state index contributed by atoms with van der Waals surface area (Å²) in [7, 11) is 0. The number of halogens is 3. The van der Waals surface area contributed by atoms with Crippen LogP contribution in [0.2, 0.25) is 0 Å². The second-order valence-electron chi connectivity index (χ2n) is 6.12. The molecule has 3 aromatic rings. The maximum atomic E-state index is 13.0. The van der Waals surface area contributed by atoms with Crippen molar-refractivity contribution in [3.63, 3.8) is 0 Å². The third-order valence-electron chi connectivity index (χ3n) is 4.32. The fraction of sp³-hybridized carbons (Fsp3) is 0.158. The Morgan fingerprint density at radius 3 is 2.63 bits per heavy atom. The molecule has 0 spiro atoms. The molecule has 27 heavy (non-hydrogen) atoms. The van der Waals surface area contributed by atoms with E-state index in [0.29, 0.717) is 28.2 Å². The van der Waals surface area contributed by atoms with Crippen molar-refractivity contribution in [3.05, 3.63) is 72.1 Å². The van der Waals surface area contributed by atoms with Gasteiger partial charge in [-0.1, -0.05) is 12.1 Å². The molecule has 3 heterocycles. The molecule has 4 rings (SSSR count). The van der Waals surface area contributed by atoms with Gasteiger partial charge in [0.05, 0.1) is 41.8 Å². The van der Waals surface area contributed by atoms with Gasteiger partial charge in [-0.15, -0.1) is 0 Å². The standard InChI is InChI=1S/C19H13F3N4O/c20-19(21,22)14-3-1-2-12(6-14)13-7-17-16(25-9-13)8-18(27)26(17)11-15-10-23-4-5-24-15/h1-7,9-10H,8,11H2. The summed E-state index contributed by atoms with van der Waals surface area (Å²) < 4.78 is 38.9. The van der Waals surface area contributed by atoms with Gasteiger partial charge in [0.2, 0.25) is 5.91 Å². The average Bonchev–Trinajstić information content (AvgIpc) is 2.97. The van der Waals surface area contributed by atoms with Gasteiger partial charge in [0.25, 0.3) is 0 Å². The highest BCUT2D eigenvalue weighted by atomic mass is 19.4. The quantitative estimate of drug-likeness (QED) is 0.706. The summed E-state index contributed by atoms with van der Waals surface area (Å²) in [6.45, 7) is 0.230. The summed E-state index contributed by atoms with van der Waals surface area (Å²) in [5.41, 5.74) is 1.97. The molecular formula is C19H13F3N4O. The Bertz CT molecular complexity index is 1010. The van der Waals surface area contributed by atoms with Crippen LogP contribution < -0.4 is 4.90 Å². The van der Waals surface area contributed by atoms with E-state index in [1.165, 1.54) is 29.6 Å². The lowest BCUT2D eigenvalue weighted by Gasteiger charge is -2.17. The molecular weight excluding hydrogens is 357 g/mol. The first kappa shape index (κ1) is 17.1. The van der Waals surface area contributed by atoms with Crippen molar-refractivity contribution in [2.45, 2.75) is 19.1 Å². The number of carbonyl (C=O) groups is 1. The number of carbonyl (C=O) groups excluding carboxylic acids is 1. The van der Waals surface area contributed by atoms with E-state index in [9.17, 15) is 18.0 Å². The van der Waals surface area contributed by atoms with Crippen molar-refractivity contribution in [2.75, 3.05) is 4.90 Å². The molecule has 8 heteroatoms. The van der Waals surface area contributed by atoms with Crippen molar-refractivity contribution in [2.24, 2.45) is 0 Å². The van der Waals surface area contributed by atoms with E-state index in [0.717, 1.165) is 12.1 Å². The first-order valence-electron chi connectivity index (χ1n) is 8.13. The van der Waals surface area contributed by atoms with Crippen LogP contribution in [0, 0.1) is 0 Å². The number of amides is 1. The number of benzene rings is 1. The molecule has 1 aliphatic heterocycles. The normalized spacial score (nSPS) is 13.7. The van der Waals surface area contributed by atoms with E-state index in [2.05, 4.69) is 15.0 Å². The number of aromatic nitrogens is 3. The molecule has 2 aromatic heterocycles. The van der Waals surface area contributed by atoms with Gasteiger partial charge in [-0.3, -0.25) is 19.7 Å². The first-order valence-corrected chi connectivity index (χ1v) is 8.13. The minimum absolute atomic E-state index is 0.135. The summed E-state index contributed by atoms with van der Waals surface area (Å²) in [5.74, 6) is -0.135. The fourth-order valence-electron chi connectivity index (χ4n) is 3.00. The summed E-state index contributed by atoms with van der Waals surface area (Å²) in [6.07, 6.45) is 1.86. The number of pyridine rings is 1. The predicted octanol–water partition coefficient (Wildman–Crippen LogP) is 3.65. The monoisotopic (exact) mass is 370 g/mol. The number of anilines is 1. The van der Waals surface area contributed by atoms with Crippen LogP contribution in [0.5, 0.6) is 0 Å². The lowest BCUT2D eigenvalue weighted by Crippen LogP contribution is -2.26. The highest BCUT2D eigenvalue weighted by Crippen LogP contribution is 2.35. The number of nitrogens with zero attached hydrogens (tertiary/aromatic N) is 4. The maximum Gasteiger partial charge on any atom is 0.416 e. The zero-order valence-electron chi connectivity index (χ0n) is 13.9. The molecule has 1 amide bonds. The molecule has 0 saturated carbocycles. The molecule has 0 aliphatic carbocycles. The topological polar surface area (TPSA) is 59.0 Å². The van der Waals surface area contributed by atoms with E-state index in [1.54, 1.807) is 18.3 Å². The second-order valence-corrected chi connectivity index (χ2v) is 6.12. The van der Waals surface area contributed by atoms with Crippen molar-refractivity contribution >= 4 is 11.6 Å². The molecule has 0 bridgehead atoms. The van der Waals surface area contributed by atoms with Gasteiger partial charge in [-0.2, -0.15) is 13.2 Å². The molecule has 1 aliphatic rings. The zero-order chi connectivity index (χ0) is 19.0. The Balaban J connectivity index is 1.70. The van der Waals surface area contributed by atoms with Crippen LogP contribution in [-0.2, 0) is 23.9 Å². The lowest BCUT2D eigenvalue weighted by molar-refractivity contribution is -0.137. The highest BCUT2D eigenvalue weighted by molar-refractivity contribution is 6.01. The number of hydrogen-bond acceptors (Lipinski definition) is 4. The van der Waals surface area contributed by atoms with E-state index in [4.69, 9.17) is 0 Å². The van der Waals surface area contributed by atoms with Crippen molar-refractivity contribution in [1.29, 1.82) is 0 Å². The zero-order valence-corrected chi connectivity index (χ0v) is 13.9. The minimum Gasteiger partial charge on any atom is -0.304 e. The van der Waals surface area contributed by atoms with E-state index < -0.39 is 11.7 Å². The summed E-state index contributed by atoms with van der Waals surface area (Å²) in [6, 6.07) is 6.73. The van der Waals surface area contributed by atoms with Gasteiger partial charge < -0.3 is 4.90 Å². The minimum atomic E-state index is -4.42. The smallest absolute Gasteiger partial charge is 0.304 e. The first-order chi connectivity index (χ1) is 12.9. The van der Waals surface area contributed by atoms with Gasteiger partial charge >= 0.3 is 6.18 Å². The Labute approximate surface area is 152 Å². The third-order valence-corrected chi connectivity index (χ3v) is 4.32. The third kappa shape index (κ3) is 3.38. The van der Waals surface area contributed by atoms with Crippen LogP contribution in [0.4, 0.5) is 18.9 Å². The molecule has 0 atom stereocenters. The van der Waals surface area contributed by atoms with Gasteiger partial charge in [0, 0.05) is 24.2 Å². The maximum absolute atomic E-state index is 13.0. The fourth-order valence-corrected chi connectivity index (χ4v) is 3.00. The van der Waals surface area contributed by atoms with Crippen LogP contribution >= 0.6 is 0 Å². The number of alkyl halides is 3. The van der Waals surface area contributed by atoms with E-state index >= 15 is 0 Å². The summed E-state index contributed by atoms with van der Waals surface area (Å²) >= 11 is 0. The van der Waals surface area contributed by atoms with Crippen LogP contribution in [0.15, 0.2) is 55.1 Å². The predicted molar refractivity (Wildman–Crippen MR) is 91.6 cm³/mol. The molecule has 0 fully saturated rings. The van der Waals surface area contributed by atoms with Crippen LogP contribution in [0.1, 0.15) is 17.0 Å². The molecule has 1 aromatic carbocycles. The number of fused-ring (bicyclic) bond motifs is 1. The largest absolute Gasteiger partial charge is 0.416 e. The van der Waals surface area contributed by atoms with Gasteiger partial charge in [-0.25, -0.2) is 0 Å². The van der Waals surface area contributed by atoms with Crippen LogP contribution in [-0.4, -0.2) is 20.9 Å². The molecule has 5 nitrogen and oxygen atoms in total. The van der Waals surface area contributed by atoms with Crippen molar-refractivity contribution in [3.8, 4) is 11.1 Å². The molecule has 136 valence electrons.